The molecule has 0 bridgehead atoms. The predicted molar refractivity (Wildman–Crippen MR) is 130 cm³/mol. The molecule has 1 aliphatic carbocycles. The number of fused-ring (bicyclic) bond motifs is 3. The number of nitrogens with one attached hydrogen (secondary N) is 1. The number of amides is 1. The number of carbonyl (C=O) groups is 2. The van der Waals surface area contributed by atoms with Crippen LogP contribution in [0.4, 0.5) is 4.79 Å². The van der Waals surface area contributed by atoms with Crippen LogP contribution in [0, 0.1) is 0 Å². The lowest BCUT2D eigenvalue weighted by molar-refractivity contribution is -0.138. The summed E-state index contributed by atoms with van der Waals surface area (Å²) in [4.78, 5) is 24.1. The Hall–Kier alpha value is -3.85. The van der Waals surface area contributed by atoms with Crippen molar-refractivity contribution in [3.63, 3.8) is 0 Å². The van der Waals surface area contributed by atoms with E-state index in [9.17, 15) is 23.1 Å². The van der Waals surface area contributed by atoms with Crippen LogP contribution in [0.1, 0.15) is 22.6 Å². The lowest BCUT2D eigenvalue weighted by atomic mass is 9.98. The second-order valence-electron chi connectivity index (χ2n) is 8.26. The second-order valence-corrected chi connectivity index (χ2v) is 10.4. The highest BCUT2D eigenvalue weighted by atomic mass is 32.2. The Balaban J connectivity index is 1.39. The molecule has 0 unspecified atom stereocenters. The molecule has 3 aromatic rings. The minimum absolute atomic E-state index is 0.00913. The molecule has 0 radical (unpaired) electrons. The van der Waals surface area contributed by atoms with Gasteiger partial charge < -0.3 is 19.9 Å². The Morgan fingerprint density at radius 3 is 2.06 bits per heavy atom. The monoisotopic (exact) mass is 495 g/mol. The summed E-state index contributed by atoms with van der Waals surface area (Å²) in [5.74, 6) is -2.22. The van der Waals surface area contributed by atoms with Crippen LogP contribution in [0.3, 0.4) is 0 Å². The first kappa shape index (κ1) is 24.3. The van der Waals surface area contributed by atoms with Gasteiger partial charge in [0.15, 0.2) is 9.84 Å². The van der Waals surface area contributed by atoms with Crippen molar-refractivity contribution in [2.45, 2.75) is 17.7 Å². The van der Waals surface area contributed by atoms with Gasteiger partial charge in [-0.3, -0.25) is 0 Å². The summed E-state index contributed by atoms with van der Waals surface area (Å²) >= 11 is 0. The first-order valence-corrected chi connectivity index (χ1v) is 12.8. The molecule has 4 rings (SSSR count). The van der Waals surface area contributed by atoms with Gasteiger partial charge in [-0.15, -0.1) is 0 Å². The molecule has 9 heteroatoms. The molecule has 0 fully saturated rings. The number of carboxylic acids is 1. The molecule has 1 aliphatic rings. The minimum atomic E-state index is -3.85. The molecule has 0 aromatic heterocycles. The van der Waals surface area contributed by atoms with E-state index in [0.29, 0.717) is 11.3 Å². The topological polar surface area (TPSA) is 119 Å². The maximum absolute atomic E-state index is 12.6. The van der Waals surface area contributed by atoms with Crippen LogP contribution >= 0.6 is 0 Å². The first-order valence-electron chi connectivity index (χ1n) is 10.9. The van der Waals surface area contributed by atoms with Crippen molar-refractivity contribution in [1.82, 2.24) is 5.32 Å². The molecule has 1 amide bonds. The van der Waals surface area contributed by atoms with Crippen molar-refractivity contribution in [2.75, 3.05) is 19.5 Å². The molecule has 182 valence electrons. The highest BCUT2D eigenvalue weighted by Crippen LogP contribution is 2.44. The highest BCUT2D eigenvalue weighted by Gasteiger charge is 2.31. The third kappa shape index (κ3) is 5.63. The smallest absolute Gasteiger partial charge is 0.407 e. The number of sulfone groups is 1. The van der Waals surface area contributed by atoms with Crippen molar-refractivity contribution in [1.29, 1.82) is 0 Å². The molecular formula is C26H25NO7S. The van der Waals surface area contributed by atoms with Gasteiger partial charge in [-0.05, 0) is 39.9 Å². The van der Waals surface area contributed by atoms with Gasteiger partial charge >= 0.3 is 12.1 Å². The van der Waals surface area contributed by atoms with Gasteiger partial charge in [-0.25, -0.2) is 18.0 Å². The number of hydrogen-bond acceptors (Lipinski definition) is 6. The lowest BCUT2D eigenvalue weighted by Gasteiger charge is -2.17. The van der Waals surface area contributed by atoms with E-state index in [1.807, 2.05) is 48.5 Å². The molecule has 0 saturated carbocycles. The summed E-state index contributed by atoms with van der Waals surface area (Å²) in [6.07, 6.45) is -0.987. The zero-order valence-corrected chi connectivity index (χ0v) is 19.8. The molecule has 0 aliphatic heterocycles. The van der Waals surface area contributed by atoms with Gasteiger partial charge in [0.2, 0.25) is 0 Å². The zero-order valence-electron chi connectivity index (χ0n) is 19.0. The Morgan fingerprint density at radius 1 is 0.943 bits per heavy atom. The fraction of sp³-hybridized carbons (Fsp3) is 0.231. The van der Waals surface area contributed by atoms with Crippen molar-refractivity contribution in [3.05, 3.63) is 89.5 Å². The van der Waals surface area contributed by atoms with Gasteiger partial charge in [0.05, 0.1) is 18.6 Å². The molecule has 0 heterocycles. The third-order valence-electron chi connectivity index (χ3n) is 5.90. The van der Waals surface area contributed by atoms with Crippen LogP contribution in [0.5, 0.6) is 5.75 Å². The number of aliphatic carboxylic acids is 1. The third-order valence-corrected chi connectivity index (χ3v) is 7.51. The number of carbonyl (C=O) groups excluding carboxylic acids is 1. The number of rotatable bonds is 9. The van der Waals surface area contributed by atoms with E-state index in [-0.39, 0.29) is 18.3 Å². The molecule has 3 aromatic carbocycles. The molecule has 0 saturated heterocycles. The number of methoxy groups -OCH3 is 1. The van der Waals surface area contributed by atoms with Crippen molar-refractivity contribution in [2.24, 2.45) is 0 Å². The molecule has 35 heavy (non-hydrogen) atoms. The number of ether oxygens (including phenoxy) is 2. The van der Waals surface area contributed by atoms with Crippen molar-refractivity contribution >= 4 is 21.9 Å². The van der Waals surface area contributed by atoms with Crippen molar-refractivity contribution < 1.29 is 32.6 Å². The van der Waals surface area contributed by atoms with E-state index in [2.05, 4.69) is 5.32 Å². The van der Waals surface area contributed by atoms with E-state index in [4.69, 9.17) is 9.47 Å². The van der Waals surface area contributed by atoms with Gasteiger partial charge in [-0.2, -0.15) is 0 Å². The van der Waals surface area contributed by atoms with E-state index in [0.717, 1.165) is 22.3 Å². The molecule has 2 N–H and O–H groups in total. The Kier molecular flexibility index (Phi) is 7.07. The summed E-state index contributed by atoms with van der Waals surface area (Å²) in [6.45, 7) is -0.00913. The maximum Gasteiger partial charge on any atom is 0.407 e. The summed E-state index contributed by atoms with van der Waals surface area (Å²) in [5.41, 5.74) is 4.63. The Morgan fingerprint density at radius 2 is 1.51 bits per heavy atom. The minimum Gasteiger partial charge on any atom is -0.497 e. The quantitative estimate of drug-likeness (QED) is 0.466. The van der Waals surface area contributed by atoms with Crippen LogP contribution in [0.2, 0.25) is 0 Å². The van der Waals surface area contributed by atoms with E-state index in [1.165, 1.54) is 7.11 Å². The lowest BCUT2D eigenvalue weighted by Crippen LogP contribution is -2.46. The SMILES string of the molecule is COc1ccc(CS(=O)(=O)C[C@H](NC(=O)OCC2c3ccccc3-c3ccccc32)C(=O)O)cc1. The zero-order chi connectivity index (χ0) is 25.0. The molecule has 8 nitrogen and oxygen atoms in total. The fourth-order valence-corrected chi connectivity index (χ4v) is 5.80. The summed E-state index contributed by atoms with van der Waals surface area (Å²) in [6, 6.07) is 20.4. The average Bonchev–Trinajstić information content (AvgIpc) is 3.16. The average molecular weight is 496 g/mol. The van der Waals surface area contributed by atoms with Crippen LogP contribution in [-0.4, -0.2) is 51.1 Å². The van der Waals surface area contributed by atoms with E-state index < -0.39 is 33.7 Å². The van der Waals surface area contributed by atoms with Gasteiger partial charge in [-0.1, -0.05) is 60.7 Å². The van der Waals surface area contributed by atoms with E-state index in [1.54, 1.807) is 24.3 Å². The van der Waals surface area contributed by atoms with Gasteiger partial charge in [0, 0.05) is 5.92 Å². The number of carboxylic acid groups (broad SMARTS) is 1. The fourth-order valence-electron chi connectivity index (χ4n) is 4.25. The largest absolute Gasteiger partial charge is 0.497 e. The number of hydrogen-bond donors (Lipinski definition) is 2. The van der Waals surface area contributed by atoms with Crippen LogP contribution in [0.15, 0.2) is 72.8 Å². The molecule has 1 atom stereocenters. The first-order chi connectivity index (χ1) is 16.8. The van der Waals surface area contributed by atoms with Crippen LogP contribution in [-0.2, 0) is 25.1 Å². The van der Waals surface area contributed by atoms with Crippen LogP contribution < -0.4 is 10.1 Å². The summed E-state index contributed by atoms with van der Waals surface area (Å²) in [7, 11) is -2.35. The number of benzene rings is 3. The standard InChI is InChI=1S/C26H25NO7S/c1-33-18-12-10-17(11-13-18)15-35(31,32)16-24(25(28)29)27-26(30)34-14-23-21-8-4-2-6-19(21)20-7-3-5-9-22(20)23/h2-13,23-24H,14-16H2,1H3,(H,27,30)(H,28,29)/t24-/m0/s1. The van der Waals surface area contributed by atoms with Crippen LogP contribution in [0.25, 0.3) is 11.1 Å². The van der Waals surface area contributed by atoms with Crippen molar-refractivity contribution in [3.8, 4) is 16.9 Å². The number of alkyl carbamates (subject to hydrolysis) is 1. The highest BCUT2D eigenvalue weighted by molar-refractivity contribution is 7.90. The van der Waals surface area contributed by atoms with Gasteiger partial charge in [0.1, 0.15) is 18.4 Å². The normalized spacial score (nSPS) is 13.4. The molecular weight excluding hydrogens is 470 g/mol. The summed E-state index contributed by atoms with van der Waals surface area (Å²) in [5, 5.41) is 11.7. The van der Waals surface area contributed by atoms with Gasteiger partial charge in [0.25, 0.3) is 0 Å². The van der Waals surface area contributed by atoms with E-state index >= 15 is 0 Å². The predicted octanol–water partition coefficient (Wildman–Crippen LogP) is 3.60. The second kappa shape index (κ2) is 10.2. The Bertz CT molecular complexity index is 1290. The Labute approximate surface area is 203 Å². The molecule has 0 spiro atoms. The summed E-state index contributed by atoms with van der Waals surface area (Å²) < 4.78 is 35.6. The maximum atomic E-state index is 12.6.